The smallest absolute Gasteiger partial charge is 0.226 e. The number of pyridine rings is 1. The second-order valence-electron chi connectivity index (χ2n) is 7.04. The monoisotopic (exact) mass is 442 g/mol. The maximum absolute atomic E-state index is 14.6. The molecule has 1 aromatic heterocycles. The molecule has 1 amide bonds. The predicted molar refractivity (Wildman–Crippen MR) is 117 cm³/mol. The van der Waals surface area contributed by atoms with E-state index in [1.165, 1.54) is 36.3 Å². The van der Waals surface area contributed by atoms with E-state index < -0.39 is 11.8 Å². The van der Waals surface area contributed by atoms with Gasteiger partial charge in [0.25, 0.3) is 0 Å². The van der Waals surface area contributed by atoms with Crippen molar-refractivity contribution < 1.29 is 18.4 Å². The number of aromatic nitrogens is 1. The first kappa shape index (κ1) is 22.6. The Balaban J connectivity index is 1.77. The Morgan fingerprint density at radius 3 is 2.52 bits per heavy atom. The molecule has 7 heteroatoms. The number of carbonyl (C=O) groups excluding carboxylic acids is 2. The Labute approximate surface area is 184 Å². The summed E-state index contributed by atoms with van der Waals surface area (Å²) in [5.41, 5.74) is 2.04. The number of Topliss-reactive ketones (excluding diaryl/α,β-unsaturated/α-hetero) is 1. The van der Waals surface area contributed by atoms with Gasteiger partial charge in [-0.2, -0.15) is 4.39 Å². The van der Waals surface area contributed by atoms with Gasteiger partial charge in [-0.1, -0.05) is 42.8 Å². The van der Waals surface area contributed by atoms with Gasteiger partial charge in [-0.3, -0.25) is 9.59 Å². The van der Waals surface area contributed by atoms with Crippen molar-refractivity contribution in [3.8, 4) is 11.1 Å². The third-order valence-corrected chi connectivity index (χ3v) is 5.36. The molecular weight excluding hydrogens is 422 g/mol. The lowest BCUT2D eigenvalue weighted by molar-refractivity contribution is -0.118. The summed E-state index contributed by atoms with van der Waals surface area (Å²) in [6, 6.07) is 12.5. The highest BCUT2D eigenvalue weighted by molar-refractivity contribution is 6.33. The Morgan fingerprint density at radius 1 is 1.10 bits per heavy atom. The number of halogens is 3. The maximum atomic E-state index is 14.6. The van der Waals surface area contributed by atoms with E-state index in [4.69, 9.17) is 11.6 Å². The molecule has 0 atom stereocenters. The summed E-state index contributed by atoms with van der Waals surface area (Å²) in [5, 5.41) is 0.295. The summed E-state index contributed by atoms with van der Waals surface area (Å²) in [4.78, 5) is 29.2. The van der Waals surface area contributed by atoms with Crippen LogP contribution in [0.5, 0.6) is 0 Å². The Bertz CT molecular complexity index is 1130. The molecule has 0 saturated carbocycles. The zero-order valence-corrected chi connectivity index (χ0v) is 17.9. The molecule has 0 aliphatic rings. The highest BCUT2D eigenvalue weighted by Crippen LogP contribution is 2.32. The number of hydrogen-bond donors (Lipinski definition) is 0. The van der Waals surface area contributed by atoms with E-state index in [0.717, 1.165) is 0 Å². The molecule has 0 aliphatic heterocycles. The number of rotatable bonds is 7. The lowest BCUT2D eigenvalue weighted by atomic mass is 9.99. The Kier molecular flexibility index (Phi) is 7.13. The molecule has 31 heavy (non-hydrogen) atoms. The van der Waals surface area contributed by atoms with Crippen molar-refractivity contribution in [3.63, 3.8) is 0 Å². The summed E-state index contributed by atoms with van der Waals surface area (Å²) in [6.07, 6.45) is 1.97. The minimum Gasteiger partial charge on any atom is -0.313 e. The van der Waals surface area contributed by atoms with Crippen LogP contribution in [0.2, 0.25) is 5.02 Å². The van der Waals surface area contributed by atoms with Crippen LogP contribution in [0.15, 0.2) is 54.7 Å². The molecule has 0 radical (unpaired) electrons. The first-order valence-corrected chi connectivity index (χ1v) is 10.2. The molecule has 0 fully saturated rings. The number of hydrogen-bond acceptors (Lipinski definition) is 3. The second-order valence-corrected chi connectivity index (χ2v) is 7.45. The zero-order valence-electron chi connectivity index (χ0n) is 17.2. The van der Waals surface area contributed by atoms with Crippen LogP contribution in [-0.2, 0) is 11.2 Å². The number of ketones is 1. The number of nitrogens with zero attached hydrogens (tertiary/aromatic N) is 2. The average Bonchev–Trinajstić information content (AvgIpc) is 2.77. The molecule has 0 unspecified atom stereocenters. The van der Waals surface area contributed by atoms with Crippen molar-refractivity contribution in [2.75, 3.05) is 11.9 Å². The van der Waals surface area contributed by atoms with Crippen molar-refractivity contribution >= 4 is 29.0 Å². The molecule has 160 valence electrons. The highest BCUT2D eigenvalue weighted by atomic mass is 35.5. The van der Waals surface area contributed by atoms with Gasteiger partial charge in [0.15, 0.2) is 5.78 Å². The summed E-state index contributed by atoms with van der Waals surface area (Å²) >= 11 is 6.37. The van der Waals surface area contributed by atoms with E-state index in [1.54, 1.807) is 37.3 Å². The quantitative estimate of drug-likeness (QED) is 0.339. The summed E-state index contributed by atoms with van der Waals surface area (Å²) in [6.45, 7) is 1.71. The van der Waals surface area contributed by atoms with Gasteiger partial charge < -0.3 is 4.90 Å². The lowest BCUT2D eigenvalue weighted by Gasteiger charge is -2.18. The fourth-order valence-corrected chi connectivity index (χ4v) is 3.53. The fraction of sp³-hybridized carbons (Fsp3) is 0.208. The van der Waals surface area contributed by atoms with Crippen LogP contribution in [0.25, 0.3) is 11.1 Å². The van der Waals surface area contributed by atoms with Crippen molar-refractivity contribution in [3.05, 3.63) is 82.6 Å². The van der Waals surface area contributed by atoms with Gasteiger partial charge in [0.05, 0.1) is 5.69 Å². The molecule has 3 aromatic rings. The summed E-state index contributed by atoms with van der Waals surface area (Å²) in [7, 11) is 1.52. The first-order valence-electron chi connectivity index (χ1n) is 9.80. The van der Waals surface area contributed by atoms with Crippen LogP contribution in [0, 0.1) is 11.8 Å². The number of benzene rings is 2. The SMILES string of the molecule is CCC(=O)N(C)c1ccc(-c2ccc(C(=O)CCc3cccnc3F)cc2Cl)cc1F. The second kappa shape index (κ2) is 9.79. The molecule has 4 nitrogen and oxygen atoms in total. The number of carbonyl (C=O) groups is 2. The van der Waals surface area contributed by atoms with Crippen LogP contribution in [0.1, 0.15) is 35.7 Å². The molecular formula is C24H21ClF2N2O2. The minimum absolute atomic E-state index is 0.111. The molecule has 1 heterocycles. The van der Waals surface area contributed by atoms with Crippen LogP contribution in [0.3, 0.4) is 0 Å². The van der Waals surface area contributed by atoms with Crippen molar-refractivity contribution in [1.29, 1.82) is 0 Å². The normalized spacial score (nSPS) is 10.7. The molecule has 0 N–H and O–H groups in total. The van der Waals surface area contributed by atoms with Crippen LogP contribution in [-0.4, -0.2) is 23.7 Å². The molecule has 0 spiro atoms. The summed E-state index contributed by atoms with van der Waals surface area (Å²) in [5.74, 6) is -1.51. The van der Waals surface area contributed by atoms with E-state index in [-0.39, 0.29) is 36.6 Å². The Hall–Kier alpha value is -3.12. The maximum Gasteiger partial charge on any atom is 0.226 e. The van der Waals surface area contributed by atoms with E-state index in [2.05, 4.69) is 4.98 Å². The lowest BCUT2D eigenvalue weighted by Crippen LogP contribution is -2.25. The van der Waals surface area contributed by atoms with Gasteiger partial charge in [0, 0.05) is 47.8 Å². The van der Waals surface area contributed by atoms with Gasteiger partial charge in [0.2, 0.25) is 11.9 Å². The van der Waals surface area contributed by atoms with E-state index in [1.807, 2.05) is 0 Å². The molecule has 0 aliphatic carbocycles. The molecule has 2 aromatic carbocycles. The number of anilines is 1. The fourth-order valence-electron chi connectivity index (χ4n) is 3.24. The van der Waals surface area contributed by atoms with Gasteiger partial charge in [-0.25, -0.2) is 9.37 Å². The number of amides is 1. The van der Waals surface area contributed by atoms with E-state index in [9.17, 15) is 18.4 Å². The van der Waals surface area contributed by atoms with Gasteiger partial charge in [-0.05, 0) is 36.2 Å². The van der Waals surface area contributed by atoms with Gasteiger partial charge in [-0.15, -0.1) is 0 Å². The minimum atomic E-state index is -0.583. The first-order chi connectivity index (χ1) is 14.8. The standard InChI is InChI=1S/C24H21ClF2N2O2/c1-3-23(31)29(2)21-10-7-16(14-20(21)26)18-9-6-17(13-19(18)25)22(30)11-8-15-5-4-12-28-24(15)27/h4-7,9-10,12-14H,3,8,11H2,1-2H3. The van der Waals surface area contributed by atoms with Crippen molar-refractivity contribution in [2.45, 2.75) is 26.2 Å². The van der Waals surface area contributed by atoms with Crippen molar-refractivity contribution in [2.24, 2.45) is 0 Å². The van der Waals surface area contributed by atoms with Crippen molar-refractivity contribution in [1.82, 2.24) is 4.98 Å². The highest BCUT2D eigenvalue weighted by Gasteiger charge is 2.16. The van der Waals surface area contributed by atoms with Crippen LogP contribution in [0.4, 0.5) is 14.5 Å². The number of aryl methyl sites for hydroxylation is 1. The van der Waals surface area contributed by atoms with E-state index >= 15 is 0 Å². The third kappa shape index (κ3) is 5.14. The largest absolute Gasteiger partial charge is 0.313 e. The third-order valence-electron chi connectivity index (χ3n) is 5.05. The van der Waals surface area contributed by atoms with E-state index in [0.29, 0.717) is 27.3 Å². The van der Waals surface area contributed by atoms with Crippen LogP contribution < -0.4 is 4.90 Å². The van der Waals surface area contributed by atoms with Gasteiger partial charge in [0.1, 0.15) is 5.82 Å². The van der Waals surface area contributed by atoms with Gasteiger partial charge >= 0.3 is 0 Å². The molecule has 0 saturated heterocycles. The summed E-state index contributed by atoms with van der Waals surface area (Å²) < 4.78 is 28.2. The van der Waals surface area contributed by atoms with Crippen LogP contribution >= 0.6 is 11.6 Å². The predicted octanol–water partition coefficient (Wildman–Crippen LogP) is 5.87. The molecule has 3 rings (SSSR count). The zero-order chi connectivity index (χ0) is 22.5. The topological polar surface area (TPSA) is 50.3 Å². The Morgan fingerprint density at radius 2 is 1.87 bits per heavy atom. The molecule has 0 bridgehead atoms. The average molecular weight is 443 g/mol.